The van der Waals surface area contributed by atoms with Gasteiger partial charge in [-0.05, 0) is 47.9 Å². The lowest BCUT2D eigenvalue weighted by molar-refractivity contribution is 0.102. The number of aromatic nitrogens is 2. The van der Waals surface area contributed by atoms with Crippen LogP contribution in [0.5, 0.6) is 17.4 Å². The van der Waals surface area contributed by atoms with Crippen molar-refractivity contribution >= 4 is 28.3 Å². The third-order valence-electron chi connectivity index (χ3n) is 5.34. The summed E-state index contributed by atoms with van der Waals surface area (Å²) in [5.74, 6) is 0.0825. The van der Waals surface area contributed by atoms with Gasteiger partial charge < -0.3 is 24.1 Å². The number of methoxy groups -OCH3 is 1. The summed E-state index contributed by atoms with van der Waals surface area (Å²) in [6.45, 7) is 2.59. The van der Waals surface area contributed by atoms with Crippen molar-refractivity contribution in [3.8, 4) is 23.4 Å². The first-order valence-corrected chi connectivity index (χ1v) is 12.1. The fourth-order valence-electron chi connectivity index (χ4n) is 3.57. The van der Waals surface area contributed by atoms with Crippen LogP contribution in [0, 0.1) is 18.3 Å². The number of hydrogen-bond acceptors (Lipinski definition) is 8. The fraction of sp³-hybridized carbons (Fsp3) is 0.200. The van der Waals surface area contributed by atoms with Gasteiger partial charge in [-0.1, -0.05) is 12.1 Å². The molecule has 0 saturated heterocycles. The van der Waals surface area contributed by atoms with Gasteiger partial charge in [-0.2, -0.15) is 5.26 Å². The van der Waals surface area contributed by atoms with Crippen LogP contribution >= 0.6 is 0 Å². The van der Waals surface area contributed by atoms with Gasteiger partial charge in [-0.15, -0.1) is 10.2 Å². The van der Waals surface area contributed by atoms with Gasteiger partial charge in [0.2, 0.25) is 0 Å². The summed E-state index contributed by atoms with van der Waals surface area (Å²) >= 11 is -1.20. The van der Waals surface area contributed by atoms with Crippen LogP contribution in [-0.4, -0.2) is 47.2 Å². The SMILES string of the molecule is COc1cc(C#N)ccc1Oc1nnc(C2=CCOC2)c(C)c1C(=O)Nc1cccc([S+](C)[O-])c1. The largest absolute Gasteiger partial charge is 0.612 e. The Bertz CT molecular complexity index is 1350. The molecule has 0 fully saturated rings. The van der Waals surface area contributed by atoms with E-state index in [2.05, 4.69) is 15.5 Å². The molecule has 1 aliphatic heterocycles. The molecule has 1 atom stereocenters. The molecule has 178 valence electrons. The first kappa shape index (κ1) is 24.2. The van der Waals surface area contributed by atoms with Crippen LogP contribution < -0.4 is 14.8 Å². The zero-order valence-corrected chi connectivity index (χ0v) is 20.1. The topological polar surface area (TPSA) is 129 Å². The summed E-state index contributed by atoms with van der Waals surface area (Å²) < 4.78 is 28.6. The van der Waals surface area contributed by atoms with Crippen LogP contribution in [-0.2, 0) is 15.9 Å². The lowest BCUT2D eigenvalue weighted by Gasteiger charge is -2.16. The van der Waals surface area contributed by atoms with E-state index < -0.39 is 17.1 Å². The molecule has 3 aromatic rings. The summed E-state index contributed by atoms with van der Waals surface area (Å²) in [5, 5.41) is 20.5. The standard InChI is InChI=1S/C25H22N4O5S/c1-15-22(24(30)27-18-5-4-6-19(12-18)35(3)31)25(29-28-23(15)17-9-10-33-14-17)34-20-8-7-16(13-26)11-21(20)32-2/h4-9,11-12H,10,14H2,1-3H3,(H,27,30). The number of ether oxygens (including phenoxy) is 3. The molecule has 10 heteroatoms. The van der Waals surface area contributed by atoms with Crippen molar-refractivity contribution in [3.63, 3.8) is 0 Å². The summed E-state index contributed by atoms with van der Waals surface area (Å²) in [6, 6.07) is 13.5. The van der Waals surface area contributed by atoms with Crippen molar-refractivity contribution in [2.75, 3.05) is 31.9 Å². The van der Waals surface area contributed by atoms with Gasteiger partial charge >= 0.3 is 0 Å². The van der Waals surface area contributed by atoms with Gasteiger partial charge in [-0.3, -0.25) is 4.79 Å². The second-order valence-corrected chi connectivity index (χ2v) is 8.99. The van der Waals surface area contributed by atoms with Crippen LogP contribution in [0.3, 0.4) is 0 Å². The maximum absolute atomic E-state index is 13.5. The number of benzene rings is 2. The zero-order chi connectivity index (χ0) is 24.9. The number of nitriles is 1. The molecule has 9 nitrogen and oxygen atoms in total. The second kappa shape index (κ2) is 10.6. The molecular formula is C25H22N4O5S. The van der Waals surface area contributed by atoms with Gasteiger partial charge in [-0.25, -0.2) is 0 Å². The van der Waals surface area contributed by atoms with Crippen molar-refractivity contribution in [1.82, 2.24) is 10.2 Å². The molecule has 0 bridgehead atoms. The first-order chi connectivity index (χ1) is 16.9. The Morgan fingerprint density at radius 1 is 1.23 bits per heavy atom. The Morgan fingerprint density at radius 2 is 2.06 bits per heavy atom. The summed E-state index contributed by atoms with van der Waals surface area (Å²) in [4.78, 5) is 14.1. The molecule has 1 unspecified atom stereocenters. The number of amides is 1. The normalized spacial score (nSPS) is 13.5. The van der Waals surface area contributed by atoms with Crippen molar-refractivity contribution in [2.24, 2.45) is 0 Å². The highest BCUT2D eigenvalue weighted by Gasteiger charge is 2.25. The quantitative estimate of drug-likeness (QED) is 0.494. The molecule has 1 N–H and O–H groups in total. The molecule has 0 aliphatic carbocycles. The number of carbonyl (C=O) groups excluding carboxylic acids is 1. The number of carbonyl (C=O) groups is 1. The summed E-state index contributed by atoms with van der Waals surface area (Å²) in [6.07, 6.45) is 3.46. The zero-order valence-electron chi connectivity index (χ0n) is 19.3. The molecular weight excluding hydrogens is 468 g/mol. The number of nitrogens with zero attached hydrogens (tertiary/aromatic N) is 3. The molecule has 0 spiro atoms. The third-order valence-corrected chi connectivity index (χ3v) is 6.26. The highest BCUT2D eigenvalue weighted by Crippen LogP contribution is 2.35. The molecule has 2 aromatic carbocycles. The van der Waals surface area contributed by atoms with Gasteiger partial charge in [0.05, 0.1) is 37.7 Å². The number of hydrogen-bond donors (Lipinski definition) is 1. The van der Waals surface area contributed by atoms with E-state index in [0.29, 0.717) is 46.4 Å². The minimum atomic E-state index is -1.20. The Labute approximate surface area is 205 Å². The minimum absolute atomic E-state index is 0.0264. The summed E-state index contributed by atoms with van der Waals surface area (Å²) in [5.41, 5.74) is 2.98. The smallest absolute Gasteiger partial charge is 0.261 e. The Kier molecular flexibility index (Phi) is 7.31. The summed E-state index contributed by atoms with van der Waals surface area (Å²) in [7, 11) is 1.45. The highest BCUT2D eigenvalue weighted by atomic mass is 32.2. The number of nitrogens with one attached hydrogen (secondary N) is 1. The van der Waals surface area contributed by atoms with Crippen LogP contribution in [0.2, 0.25) is 0 Å². The van der Waals surface area contributed by atoms with E-state index in [1.54, 1.807) is 49.6 Å². The van der Waals surface area contributed by atoms with Crippen LogP contribution in [0.25, 0.3) is 5.57 Å². The molecule has 1 aliphatic rings. The van der Waals surface area contributed by atoms with Crippen molar-refractivity contribution in [3.05, 3.63) is 70.9 Å². The lowest BCUT2D eigenvalue weighted by atomic mass is 10.0. The monoisotopic (exact) mass is 490 g/mol. The molecule has 4 rings (SSSR count). The minimum Gasteiger partial charge on any atom is -0.612 e. The highest BCUT2D eigenvalue weighted by molar-refractivity contribution is 7.90. The van der Waals surface area contributed by atoms with E-state index in [-0.39, 0.29) is 17.2 Å². The van der Waals surface area contributed by atoms with Gasteiger partial charge in [0, 0.05) is 23.4 Å². The Hall–Kier alpha value is -3.91. The molecule has 2 heterocycles. The van der Waals surface area contributed by atoms with Gasteiger partial charge in [0.25, 0.3) is 11.8 Å². The Balaban J connectivity index is 1.76. The predicted octanol–water partition coefficient (Wildman–Crippen LogP) is 3.86. The number of anilines is 1. The molecule has 0 radical (unpaired) electrons. The van der Waals surface area contributed by atoms with Crippen molar-refractivity contribution in [2.45, 2.75) is 11.8 Å². The van der Waals surface area contributed by atoms with E-state index in [9.17, 15) is 9.35 Å². The molecule has 0 saturated carbocycles. The van der Waals surface area contributed by atoms with Crippen LogP contribution in [0.4, 0.5) is 5.69 Å². The van der Waals surface area contributed by atoms with Crippen LogP contribution in [0.1, 0.15) is 27.2 Å². The van der Waals surface area contributed by atoms with E-state index in [4.69, 9.17) is 19.5 Å². The van der Waals surface area contributed by atoms with Crippen molar-refractivity contribution in [1.29, 1.82) is 5.26 Å². The van der Waals surface area contributed by atoms with Crippen LogP contribution in [0.15, 0.2) is 53.4 Å². The maximum atomic E-state index is 13.5. The molecule has 1 aromatic heterocycles. The average Bonchev–Trinajstić information content (AvgIpc) is 3.39. The van der Waals surface area contributed by atoms with E-state index in [1.165, 1.54) is 13.2 Å². The molecule has 1 amide bonds. The lowest BCUT2D eigenvalue weighted by Crippen LogP contribution is -2.18. The van der Waals surface area contributed by atoms with E-state index in [1.807, 2.05) is 12.1 Å². The van der Waals surface area contributed by atoms with Crippen molar-refractivity contribution < 1.29 is 23.6 Å². The predicted molar refractivity (Wildman–Crippen MR) is 130 cm³/mol. The molecule has 35 heavy (non-hydrogen) atoms. The van der Waals surface area contributed by atoms with Gasteiger partial charge in [0.1, 0.15) is 11.8 Å². The van der Waals surface area contributed by atoms with Gasteiger partial charge in [0.15, 0.2) is 16.4 Å². The second-order valence-electron chi connectivity index (χ2n) is 7.61. The third kappa shape index (κ3) is 5.27. The fourth-order valence-corrected chi connectivity index (χ4v) is 4.13. The number of rotatable bonds is 7. The maximum Gasteiger partial charge on any atom is 0.261 e. The van der Waals surface area contributed by atoms with E-state index >= 15 is 0 Å². The average molecular weight is 491 g/mol. The van der Waals surface area contributed by atoms with E-state index in [0.717, 1.165) is 5.57 Å². The Morgan fingerprint density at radius 3 is 2.74 bits per heavy atom. The first-order valence-electron chi connectivity index (χ1n) is 10.6.